The van der Waals surface area contributed by atoms with Gasteiger partial charge in [0.15, 0.2) is 0 Å². The van der Waals surface area contributed by atoms with Crippen molar-refractivity contribution in [2.75, 3.05) is 24.2 Å². The zero-order valence-electron chi connectivity index (χ0n) is 15.4. The SMILES string of the molecule is Cc1cnc(N)c([C@H]2CC[C@@H](N)CC2)c1N(C)CCc1ccccc1. The molecule has 0 spiro atoms. The van der Waals surface area contributed by atoms with Crippen molar-refractivity contribution in [3.05, 3.63) is 53.2 Å². The molecule has 0 aliphatic heterocycles. The molecule has 1 aromatic carbocycles. The van der Waals surface area contributed by atoms with Crippen LogP contribution in [0.15, 0.2) is 36.5 Å². The summed E-state index contributed by atoms with van der Waals surface area (Å²) in [6.07, 6.45) is 7.29. The summed E-state index contributed by atoms with van der Waals surface area (Å²) in [7, 11) is 2.17. The van der Waals surface area contributed by atoms with Gasteiger partial charge in [-0.25, -0.2) is 4.98 Å². The van der Waals surface area contributed by atoms with Gasteiger partial charge in [-0.05, 0) is 56.1 Å². The molecular formula is C21H30N4. The number of rotatable bonds is 5. The molecule has 134 valence electrons. The Morgan fingerprint density at radius 2 is 1.80 bits per heavy atom. The van der Waals surface area contributed by atoms with Crippen LogP contribution in [0.1, 0.15) is 48.3 Å². The maximum absolute atomic E-state index is 6.33. The van der Waals surface area contributed by atoms with E-state index in [1.807, 2.05) is 6.20 Å². The summed E-state index contributed by atoms with van der Waals surface area (Å²) in [6, 6.07) is 11.0. The first-order valence-corrected chi connectivity index (χ1v) is 9.32. The van der Waals surface area contributed by atoms with Gasteiger partial charge >= 0.3 is 0 Å². The molecule has 0 unspecified atom stereocenters. The molecule has 3 rings (SSSR count). The van der Waals surface area contributed by atoms with Crippen molar-refractivity contribution >= 4 is 11.5 Å². The molecule has 0 saturated heterocycles. The second-order valence-electron chi connectivity index (χ2n) is 7.36. The first kappa shape index (κ1) is 17.7. The summed E-state index contributed by atoms with van der Waals surface area (Å²) in [6.45, 7) is 3.10. The molecule has 1 saturated carbocycles. The maximum Gasteiger partial charge on any atom is 0.128 e. The standard InChI is InChI=1S/C21H30N4/c1-15-14-24-21(23)19(17-8-10-18(22)11-9-17)20(15)25(2)13-12-16-6-4-3-5-7-16/h3-7,14,17-18H,8-13,22H2,1-2H3,(H2,23,24)/t17-,18+. The molecule has 25 heavy (non-hydrogen) atoms. The van der Waals surface area contributed by atoms with Crippen molar-refractivity contribution in [2.45, 2.75) is 51.0 Å². The van der Waals surface area contributed by atoms with E-state index in [4.69, 9.17) is 11.5 Å². The Hall–Kier alpha value is -2.07. The van der Waals surface area contributed by atoms with Gasteiger partial charge in [-0.2, -0.15) is 0 Å². The lowest BCUT2D eigenvalue weighted by molar-refractivity contribution is 0.396. The number of likely N-dealkylation sites (N-methyl/N-ethyl adjacent to an activating group) is 1. The Kier molecular flexibility index (Phi) is 5.59. The van der Waals surface area contributed by atoms with E-state index in [2.05, 4.69) is 54.2 Å². The second kappa shape index (κ2) is 7.87. The van der Waals surface area contributed by atoms with Crippen molar-refractivity contribution in [3.8, 4) is 0 Å². The Morgan fingerprint density at radius 1 is 1.12 bits per heavy atom. The summed E-state index contributed by atoms with van der Waals surface area (Å²) >= 11 is 0. The quantitative estimate of drug-likeness (QED) is 0.873. The summed E-state index contributed by atoms with van der Waals surface area (Å²) in [5.41, 5.74) is 17.5. The van der Waals surface area contributed by atoms with Crippen LogP contribution in [0.3, 0.4) is 0 Å². The molecule has 0 amide bonds. The zero-order valence-corrected chi connectivity index (χ0v) is 15.4. The lowest BCUT2D eigenvalue weighted by Crippen LogP contribution is -2.28. The molecular weight excluding hydrogens is 308 g/mol. The van der Waals surface area contributed by atoms with Gasteiger partial charge < -0.3 is 16.4 Å². The van der Waals surface area contributed by atoms with Gasteiger partial charge in [0.1, 0.15) is 5.82 Å². The number of hydrogen-bond donors (Lipinski definition) is 2. The monoisotopic (exact) mass is 338 g/mol. The molecule has 0 radical (unpaired) electrons. The fourth-order valence-corrected chi connectivity index (χ4v) is 4.00. The van der Waals surface area contributed by atoms with Gasteiger partial charge in [0.05, 0.1) is 0 Å². The average Bonchev–Trinajstić information content (AvgIpc) is 2.63. The third kappa shape index (κ3) is 4.13. The number of aromatic nitrogens is 1. The van der Waals surface area contributed by atoms with Gasteiger partial charge in [-0.3, -0.25) is 0 Å². The van der Waals surface area contributed by atoms with E-state index in [0.717, 1.165) is 38.6 Å². The van der Waals surface area contributed by atoms with Gasteiger partial charge in [-0.1, -0.05) is 30.3 Å². The highest BCUT2D eigenvalue weighted by Crippen LogP contribution is 2.41. The van der Waals surface area contributed by atoms with Crippen molar-refractivity contribution in [1.82, 2.24) is 4.98 Å². The highest BCUT2D eigenvalue weighted by Gasteiger charge is 2.26. The first-order chi connectivity index (χ1) is 12.1. The summed E-state index contributed by atoms with van der Waals surface area (Å²) in [5, 5.41) is 0. The Balaban J connectivity index is 1.83. The highest BCUT2D eigenvalue weighted by molar-refractivity contribution is 5.66. The highest BCUT2D eigenvalue weighted by atomic mass is 15.1. The molecule has 4 heteroatoms. The van der Waals surface area contributed by atoms with Crippen LogP contribution in [0.25, 0.3) is 0 Å². The van der Waals surface area contributed by atoms with Crippen LogP contribution in [0.2, 0.25) is 0 Å². The van der Waals surface area contributed by atoms with Crippen molar-refractivity contribution in [3.63, 3.8) is 0 Å². The minimum absolute atomic E-state index is 0.342. The van der Waals surface area contributed by atoms with Crippen molar-refractivity contribution in [2.24, 2.45) is 5.73 Å². The van der Waals surface area contributed by atoms with Crippen LogP contribution in [0.5, 0.6) is 0 Å². The fraction of sp³-hybridized carbons (Fsp3) is 0.476. The minimum Gasteiger partial charge on any atom is -0.383 e. The van der Waals surface area contributed by atoms with E-state index in [-0.39, 0.29) is 0 Å². The van der Waals surface area contributed by atoms with E-state index in [1.54, 1.807) is 0 Å². The summed E-state index contributed by atoms with van der Waals surface area (Å²) in [4.78, 5) is 6.81. The van der Waals surface area contributed by atoms with Gasteiger partial charge in [0, 0.05) is 37.1 Å². The van der Waals surface area contributed by atoms with Crippen LogP contribution in [-0.4, -0.2) is 24.6 Å². The Morgan fingerprint density at radius 3 is 2.48 bits per heavy atom. The van der Waals surface area contributed by atoms with Gasteiger partial charge in [-0.15, -0.1) is 0 Å². The molecule has 0 atom stereocenters. The Labute approximate surface area is 151 Å². The molecule has 1 heterocycles. The van der Waals surface area contributed by atoms with Gasteiger partial charge in [0.2, 0.25) is 0 Å². The van der Waals surface area contributed by atoms with E-state index in [9.17, 15) is 0 Å². The molecule has 1 aliphatic carbocycles. The van der Waals surface area contributed by atoms with E-state index >= 15 is 0 Å². The number of pyridine rings is 1. The van der Waals surface area contributed by atoms with Crippen LogP contribution < -0.4 is 16.4 Å². The zero-order chi connectivity index (χ0) is 17.8. The van der Waals surface area contributed by atoms with Crippen LogP contribution >= 0.6 is 0 Å². The summed E-state index contributed by atoms with van der Waals surface area (Å²) in [5.74, 6) is 1.16. The van der Waals surface area contributed by atoms with Crippen molar-refractivity contribution in [1.29, 1.82) is 0 Å². The second-order valence-corrected chi connectivity index (χ2v) is 7.36. The molecule has 4 N–H and O–H groups in total. The molecule has 4 nitrogen and oxygen atoms in total. The lowest BCUT2D eigenvalue weighted by Gasteiger charge is -2.32. The number of nitrogen functional groups attached to an aromatic ring is 1. The van der Waals surface area contributed by atoms with Gasteiger partial charge in [0.25, 0.3) is 0 Å². The molecule has 0 bridgehead atoms. The smallest absolute Gasteiger partial charge is 0.128 e. The van der Waals surface area contributed by atoms with Crippen molar-refractivity contribution < 1.29 is 0 Å². The minimum atomic E-state index is 0.342. The Bertz CT molecular complexity index is 691. The normalized spacial score (nSPS) is 20.4. The third-order valence-electron chi connectivity index (χ3n) is 5.44. The number of aryl methyl sites for hydroxylation is 1. The molecule has 1 aromatic heterocycles. The van der Waals surface area contributed by atoms with Crippen LogP contribution in [0, 0.1) is 6.92 Å². The predicted molar refractivity (Wildman–Crippen MR) is 106 cm³/mol. The van der Waals surface area contributed by atoms with E-state index in [0.29, 0.717) is 17.8 Å². The molecule has 1 fully saturated rings. The molecule has 1 aliphatic rings. The van der Waals surface area contributed by atoms with E-state index < -0.39 is 0 Å². The number of anilines is 2. The number of hydrogen-bond acceptors (Lipinski definition) is 4. The number of benzene rings is 1. The van der Waals surface area contributed by atoms with Crippen LogP contribution in [-0.2, 0) is 6.42 Å². The first-order valence-electron chi connectivity index (χ1n) is 9.32. The topological polar surface area (TPSA) is 68.2 Å². The number of nitrogens with two attached hydrogens (primary N) is 2. The average molecular weight is 338 g/mol. The fourth-order valence-electron chi connectivity index (χ4n) is 4.00. The third-order valence-corrected chi connectivity index (χ3v) is 5.44. The number of nitrogens with zero attached hydrogens (tertiary/aromatic N) is 2. The lowest BCUT2D eigenvalue weighted by atomic mass is 9.81. The molecule has 2 aromatic rings. The van der Waals surface area contributed by atoms with E-state index in [1.165, 1.54) is 22.4 Å². The predicted octanol–water partition coefficient (Wildman–Crippen LogP) is 3.64. The van der Waals surface area contributed by atoms with Crippen LogP contribution in [0.4, 0.5) is 11.5 Å². The largest absolute Gasteiger partial charge is 0.383 e. The maximum atomic E-state index is 6.33. The summed E-state index contributed by atoms with van der Waals surface area (Å²) < 4.78 is 0.